The van der Waals surface area contributed by atoms with Gasteiger partial charge in [0.2, 0.25) is 0 Å². The predicted octanol–water partition coefficient (Wildman–Crippen LogP) is 4.07. The van der Waals surface area contributed by atoms with Gasteiger partial charge in [-0.05, 0) is 57.6 Å². The summed E-state index contributed by atoms with van der Waals surface area (Å²) in [6, 6.07) is 11.9. The summed E-state index contributed by atoms with van der Waals surface area (Å²) < 4.78 is 27.0. The van der Waals surface area contributed by atoms with Gasteiger partial charge in [0.1, 0.15) is 11.0 Å². The van der Waals surface area contributed by atoms with E-state index in [1.165, 1.54) is 49.2 Å². The molecule has 15 heteroatoms. The molecule has 234 valence electrons. The molecule has 0 aromatic heterocycles. The van der Waals surface area contributed by atoms with E-state index in [-0.39, 0.29) is 23.6 Å². The number of non-ortho nitro benzene ring substituents is 2. The standard InChI is InChI=1S/C11H14N2O5S.C7H7NO2.C5H11NO2.C4H8O/c14-13(15)9-1-3-11(4-2-9)19(16)12-18-10-5-7-17-8-6-10;1-6-2-4-7(5-3-6)8(9)10;6-8-5-1-3-7-4-2-5;1-2-4-5-3-1/h1-4,10,12H,5-8H2;2-5H,1H3;5H,1-4,6H2;1-4H2. The van der Waals surface area contributed by atoms with Gasteiger partial charge < -0.3 is 19.0 Å². The van der Waals surface area contributed by atoms with Crippen LogP contribution >= 0.6 is 0 Å². The van der Waals surface area contributed by atoms with E-state index in [0.717, 1.165) is 57.7 Å². The van der Waals surface area contributed by atoms with E-state index < -0.39 is 20.8 Å². The zero-order valence-electron chi connectivity index (χ0n) is 23.7. The van der Waals surface area contributed by atoms with Crippen LogP contribution in [0, 0.1) is 27.2 Å². The number of nitrogens with two attached hydrogens (primary N) is 1. The van der Waals surface area contributed by atoms with E-state index in [0.29, 0.717) is 18.1 Å². The first-order valence-corrected chi connectivity index (χ1v) is 14.8. The smallest absolute Gasteiger partial charge is 0.269 e. The van der Waals surface area contributed by atoms with E-state index in [9.17, 15) is 24.4 Å². The molecule has 42 heavy (non-hydrogen) atoms. The van der Waals surface area contributed by atoms with Crippen LogP contribution < -0.4 is 10.8 Å². The lowest BCUT2D eigenvalue weighted by Crippen LogP contribution is -2.30. The first-order chi connectivity index (χ1) is 20.3. The minimum absolute atomic E-state index is 0.0178. The lowest BCUT2D eigenvalue weighted by atomic mass is 10.2. The van der Waals surface area contributed by atoms with Crippen LogP contribution in [0.25, 0.3) is 0 Å². The number of ether oxygens (including phenoxy) is 3. The van der Waals surface area contributed by atoms with Gasteiger partial charge >= 0.3 is 0 Å². The molecule has 0 aliphatic carbocycles. The molecule has 0 bridgehead atoms. The molecule has 2 aromatic carbocycles. The number of hydrogen-bond acceptors (Lipinski definition) is 11. The Morgan fingerprint density at radius 3 is 1.57 bits per heavy atom. The first-order valence-electron chi connectivity index (χ1n) is 13.7. The number of hydrogen-bond donors (Lipinski definition) is 2. The number of rotatable bonds is 7. The molecule has 3 N–H and O–H groups in total. The normalized spacial score (nSPS) is 17.8. The third-order valence-electron chi connectivity index (χ3n) is 6.15. The van der Waals surface area contributed by atoms with E-state index in [1.807, 2.05) is 6.92 Å². The quantitative estimate of drug-likeness (QED) is 0.339. The summed E-state index contributed by atoms with van der Waals surface area (Å²) in [4.78, 5) is 32.5. The van der Waals surface area contributed by atoms with E-state index in [4.69, 9.17) is 24.9 Å². The Labute approximate surface area is 247 Å². The topological polar surface area (TPSA) is 188 Å². The molecule has 3 heterocycles. The van der Waals surface area contributed by atoms with Crippen LogP contribution in [0.4, 0.5) is 11.4 Å². The van der Waals surface area contributed by atoms with E-state index in [1.54, 1.807) is 12.1 Å². The zero-order chi connectivity index (χ0) is 30.6. The highest BCUT2D eigenvalue weighted by molar-refractivity contribution is 7.82. The largest absolute Gasteiger partial charge is 0.381 e. The van der Waals surface area contributed by atoms with Gasteiger partial charge in [0, 0.05) is 63.9 Å². The molecule has 5 rings (SSSR count). The second-order valence-electron chi connectivity index (χ2n) is 9.39. The highest BCUT2D eigenvalue weighted by Gasteiger charge is 2.16. The van der Waals surface area contributed by atoms with Crippen LogP contribution in [0.5, 0.6) is 0 Å². The fraction of sp³-hybridized carbons (Fsp3) is 0.556. The average molecular weight is 613 g/mol. The average Bonchev–Trinajstić information content (AvgIpc) is 3.62. The zero-order valence-corrected chi connectivity index (χ0v) is 24.5. The van der Waals surface area contributed by atoms with Crippen LogP contribution in [-0.2, 0) is 34.9 Å². The molecule has 2 aromatic rings. The Morgan fingerprint density at radius 1 is 0.762 bits per heavy atom. The lowest BCUT2D eigenvalue weighted by molar-refractivity contribution is -0.385. The molecule has 3 saturated heterocycles. The second-order valence-corrected chi connectivity index (χ2v) is 10.6. The Balaban J connectivity index is 0.000000223. The number of aryl methyl sites for hydroxylation is 1. The maximum Gasteiger partial charge on any atom is 0.269 e. The van der Waals surface area contributed by atoms with E-state index >= 15 is 0 Å². The first kappa shape index (κ1) is 35.3. The number of nitrogens with one attached hydrogen (secondary N) is 1. The molecular weight excluding hydrogens is 572 g/mol. The summed E-state index contributed by atoms with van der Waals surface area (Å²) in [5.41, 5.74) is 1.14. The Morgan fingerprint density at radius 2 is 1.19 bits per heavy atom. The number of nitrogens with zero attached hydrogens (tertiary/aromatic N) is 2. The van der Waals surface area contributed by atoms with Crippen LogP contribution in [0.3, 0.4) is 0 Å². The number of nitro benzene ring substituents is 2. The summed E-state index contributed by atoms with van der Waals surface area (Å²) in [5.74, 6) is 4.95. The molecule has 3 fully saturated rings. The fourth-order valence-corrected chi connectivity index (χ4v) is 4.34. The van der Waals surface area contributed by atoms with E-state index in [2.05, 4.69) is 9.72 Å². The van der Waals surface area contributed by atoms with Crippen LogP contribution in [-0.4, -0.2) is 65.9 Å². The van der Waals surface area contributed by atoms with Crippen molar-refractivity contribution >= 4 is 22.4 Å². The predicted molar refractivity (Wildman–Crippen MR) is 155 cm³/mol. The Kier molecular flexibility index (Phi) is 17.6. The third-order valence-corrected chi connectivity index (χ3v) is 7.10. The monoisotopic (exact) mass is 612 g/mol. The maximum atomic E-state index is 11.8. The van der Waals surface area contributed by atoms with Gasteiger partial charge in [-0.2, -0.15) is 0 Å². The molecule has 0 amide bonds. The highest BCUT2D eigenvalue weighted by Crippen LogP contribution is 2.15. The third kappa shape index (κ3) is 14.8. The van der Waals surface area contributed by atoms with Gasteiger partial charge in [0.05, 0.1) is 27.0 Å². The molecule has 1 unspecified atom stereocenters. The van der Waals surface area contributed by atoms with Crippen molar-refractivity contribution in [1.82, 2.24) is 4.89 Å². The molecule has 1 atom stereocenters. The summed E-state index contributed by atoms with van der Waals surface area (Å²) in [6.07, 6.45) is 6.17. The highest BCUT2D eigenvalue weighted by atomic mass is 32.2. The van der Waals surface area contributed by atoms with Gasteiger partial charge in [-0.25, -0.2) is 10.1 Å². The van der Waals surface area contributed by atoms with Crippen molar-refractivity contribution in [1.29, 1.82) is 0 Å². The molecule has 0 saturated carbocycles. The minimum Gasteiger partial charge on any atom is -0.381 e. The molecule has 0 spiro atoms. The second kappa shape index (κ2) is 20.9. The van der Waals surface area contributed by atoms with Crippen molar-refractivity contribution in [2.24, 2.45) is 5.90 Å². The minimum atomic E-state index is -1.54. The summed E-state index contributed by atoms with van der Waals surface area (Å²) in [7, 11) is -1.54. The van der Waals surface area contributed by atoms with Gasteiger partial charge in [0.15, 0.2) is 0 Å². The molecule has 0 radical (unpaired) electrons. The Bertz CT molecular complexity index is 1050. The number of nitro groups is 2. The number of benzene rings is 2. The summed E-state index contributed by atoms with van der Waals surface area (Å²) >= 11 is 0. The van der Waals surface area contributed by atoms with Crippen LogP contribution in [0.1, 0.15) is 44.1 Å². The molecule has 14 nitrogen and oxygen atoms in total. The fourth-order valence-electron chi connectivity index (χ4n) is 3.63. The Hall–Kier alpha value is -2.89. The van der Waals surface area contributed by atoms with Crippen molar-refractivity contribution in [2.45, 2.75) is 62.6 Å². The van der Waals surface area contributed by atoms with Crippen molar-refractivity contribution in [3.05, 3.63) is 74.3 Å². The SMILES string of the molecule is C1CCOC1.Cc1ccc([N+](=O)[O-])cc1.NOC1CCOCC1.O=[N+]([O-])c1ccc(S(=O)NOC2CCOCC2)cc1. The van der Waals surface area contributed by atoms with Crippen LogP contribution in [0.2, 0.25) is 0 Å². The van der Waals surface area contributed by atoms with Gasteiger partial charge in [-0.3, -0.25) is 25.1 Å². The molecular formula is C27H40N4O10S. The van der Waals surface area contributed by atoms with Crippen molar-refractivity contribution in [3.63, 3.8) is 0 Å². The van der Waals surface area contributed by atoms with Crippen molar-refractivity contribution < 1.29 is 37.9 Å². The lowest BCUT2D eigenvalue weighted by Gasteiger charge is -2.21. The van der Waals surface area contributed by atoms with Gasteiger partial charge in [0.25, 0.3) is 11.4 Å². The van der Waals surface area contributed by atoms with Crippen molar-refractivity contribution in [3.8, 4) is 0 Å². The maximum absolute atomic E-state index is 11.8. The molecule has 3 aliphatic rings. The van der Waals surface area contributed by atoms with Gasteiger partial charge in [-0.15, -0.1) is 4.89 Å². The molecule has 3 aliphatic heterocycles. The van der Waals surface area contributed by atoms with Gasteiger partial charge in [-0.1, -0.05) is 17.7 Å². The summed E-state index contributed by atoms with van der Waals surface area (Å²) in [5, 5.41) is 20.6. The van der Waals surface area contributed by atoms with Crippen LogP contribution in [0.15, 0.2) is 53.4 Å². The summed E-state index contributed by atoms with van der Waals surface area (Å²) in [6.45, 7) is 6.75. The van der Waals surface area contributed by atoms with Crippen molar-refractivity contribution in [2.75, 3.05) is 39.6 Å².